The number of carbonyl (C=O) groups is 1. The molecule has 2 atom stereocenters. The van der Waals surface area contributed by atoms with Gasteiger partial charge in [0, 0.05) is 19.0 Å². The van der Waals surface area contributed by atoms with Crippen molar-refractivity contribution < 1.29 is 14.6 Å². The van der Waals surface area contributed by atoms with Crippen LogP contribution in [0.15, 0.2) is 24.3 Å². The van der Waals surface area contributed by atoms with Crippen LogP contribution in [0.1, 0.15) is 44.7 Å². The Morgan fingerprint density at radius 1 is 1.42 bits per heavy atom. The van der Waals surface area contributed by atoms with E-state index in [9.17, 15) is 9.90 Å². The maximum Gasteiger partial charge on any atom is 0.410 e. The van der Waals surface area contributed by atoms with Crippen LogP contribution in [0.5, 0.6) is 0 Å². The third-order valence-corrected chi connectivity index (χ3v) is 5.23. The number of para-hydroxylation sites is 1. The Labute approximate surface area is 146 Å². The molecule has 2 aromatic rings. The normalized spacial score (nSPS) is 20.2. The highest BCUT2D eigenvalue weighted by atomic mass is 32.1. The maximum absolute atomic E-state index is 12.3. The van der Waals surface area contributed by atoms with Gasteiger partial charge in [-0.05, 0) is 45.7 Å². The van der Waals surface area contributed by atoms with Crippen LogP contribution in [0.25, 0.3) is 10.2 Å². The molecule has 5 nitrogen and oxygen atoms in total. The van der Waals surface area contributed by atoms with E-state index in [0.717, 1.165) is 28.1 Å². The second-order valence-corrected chi connectivity index (χ2v) is 8.36. The van der Waals surface area contributed by atoms with E-state index in [4.69, 9.17) is 4.74 Å². The molecule has 0 saturated carbocycles. The van der Waals surface area contributed by atoms with Crippen LogP contribution in [0.4, 0.5) is 4.79 Å². The molecular weight excluding hydrogens is 324 g/mol. The number of hydrogen-bond donors (Lipinski definition) is 1. The number of ether oxygens (including phenoxy) is 1. The third kappa shape index (κ3) is 3.87. The molecule has 2 unspecified atom stereocenters. The second-order valence-electron chi connectivity index (χ2n) is 7.29. The van der Waals surface area contributed by atoms with E-state index in [1.54, 1.807) is 4.90 Å². The van der Waals surface area contributed by atoms with Gasteiger partial charge in [-0.25, -0.2) is 9.78 Å². The van der Waals surface area contributed by atoms with E-state index in [-0.39, 0.29) is 12.0 Å². The Morgan fingerprint density at radius 3 is 2.88 bits per heavy atom. The van der Waals surface area contributed by atoms with Crippen molar-refractivity contribution >= 4 is 27.6 Å². The summed E-state index contributed by atoms with van der Waals surface area (Å²) >= 11 is 1.52. The molecule has 24 heavy (non-hydrogen) atoms. The monoisotopic (exact) mass is 348 g/mol. The number of carbonyl (C=O) groups excluding carboxylic acids is 1. The van der Waals surface area contributed by atoms with Crippen LogP contribution in [0, 0.1) is 5.92 Å². The summed E-state index contributed by atoms with van der Waals surface area (Å²) in [6.07, 6.45) is 0.804. The zero-order valence-electron chi connectivity index (χ0n) is 14.4. The van der Waals surface area contributed by atoms with Crippen molar-refractivity contribution in [2.45, 2.75) is 45.3 Å². The molecule has 2 heterocycles. The molecule has 1 amide bonds. The van der Waals surface area contributed by atoms with Gasteiger partial charge in [0.05, 0.1) is 10.2 Å². The number of piperidine rings is 1. The molecule has 1 aromatic heterocycles. The molecule has 1 aliphatic rings. The van der Waals surface area contributed by atoms with Gasteiger partial charge in [-0.1, -0.05) is 12.1 Å². The summed E-state index contributed by atoms with van der Waals surface area (Å²) in [6.45, 7) is 6.77. The smallest absolute Gasteiger partial charge is 0.410 e. The topological polar surface area (TPSA) is 62.7 Å². The van der Waals surface area contributed by atoms with Gasteiger partial charge in [-0.2, -0.15) is 0 Å². The lowest BCUT2D eigenvalue weighted by Crippen LogP contribution is -2.44. The minimum atomic E-state index is -0.646. The largest absolute Gasteiger partial charge is 0.444 e. The molecule has 1 N–H and O–H groups in total. The van der Waals surface area contributed by atoms with E-state index >= 15 is 0 Å². The predicted molar refractivity (Wildman–Crippen MR) is 95.1 cm³/mol. The van der Waals surface area contributed by atoms with Crippen LogP contribution in [-0.4, -0.2) is 39.8 Å². The van der Waals surface area contributed by atoms with Crippen LogP contribution >= 0.6 is 11.3 Å². The van der Waals surface area contributed by atoms with Gasteiger partial charge in [-0.15, -0.1) is 11.3 Å². The summed E-state index contributed by atoms with van der Waals surface area (Å²) in [5.74, 6) is -0.00756. The van der Waals surface area contributed by atoms with Crippen LogP contribution in [0.3, 0.4) is 0 Å². The number of thiazole rings is 1. The lowest BCUT2D eigenvalue weighted by Gasteiger charge is -2.35. The van der Waals surface area contributed by atoms with Crippen molar-refractivity contribution in [1.29, 1.82) is 0 Å². The summed E-state index contributed by atoms with van der Waals surface area (Å²) < 4.78 is 6.53. The standard InChI is InChI=1S/C18H24N2O3S/c1-18(2,3)23-17(22)20-10-6-7-12(11-20)15(21)16-19-13-8-4-5-9-14(13)24-16/h4-5,8-9,12,15,21H,6-7,10-11H2,1-3H3. The molecule has 0 aliphatic carbocycles. The molecule has 6 heteroatoms. The third-order valence-electron chi connectivity index (χ3n) is 4.12. The molecule has 130 valence electrons. The Kier molecular flexibility index (Phi) is 4.78. The van der Waals surface area contributed by atoms with Crippen molar-refractivity contribution in [3.63, 3.8) is 0 Å². The fourth-order valence-electron chi connectivity index (χ4n) is 2.98. The van der Waals surface area contributed by atoms with Crippen molar-refractivity contribution in [3.8, 4) is 0 Å². The number of nitrogens with zero attached hydrogens (tertiary/aromatic N) is 2. The predicted octanol–water partition coefficient (Wildman–Crippen LogP) is 3.98. The Balaban J connectivity index is 1.70. The highest BCUT2D eigenvalue weighted by molar-refractivity contribution is 7.18. The summed E-state index contributed by atoms with van der Waals surface area (Å²) in [7, 11) is 0. The van der Waals surface area contributed by atoms with Gasteiger partial charge in [-0.3, -0.25) is 0 Å². The number of aliphatic hydroxyl groups is 1. The number of fused-ring (bicyclic) bond motifs is 1. The fourth-order valence-corrected chi connectivity index (χ4v) is 4.03. The van der Waals surface area contributed by atoms with Crippen molar-refractivity contribution in [2.24, 2.45) is 5.92 Å². The van der Waals surface area contributed by atoms with E-state index in [1.807, 2.05) is 45.0 Å². The molecule has 0 spiro atoms. The highest BCUT2D eigenvalue weighted by Crippen LogP contribution is 2.34. The second kappa shape index (κ2) is 6.69. The molecule has 1 aliphatic heterocycles. The Hall–Kier alpha value is -1.66. The van der Waals surface area contributed by atoms with Gasteiger partial charge in [0.1, 0.15) is 16.7 Å². The van der Waals surface area contributed by atoms with Gasteiger partial charge in [0.25, 0.3) is 0 Å². The van der Waals surface area contributed by atoms with Crippen LogP contribution in [0.2, 0.25) is 0 Å². The number of amides is 1. The van der Waals surface area contributed by atoms with Crippen molar-refractivity contribution in [2.75, 3.05) is 13.1 Å². The van der Waals surface area contributed by atoms with Crippen molar-refractivity contribution in [1.82, 2.24) is 9.88 Å². The summed E-state index contributed by atoms with van der Waals surface area (Å²) in [6, 6.07) is 7.89. The van der Waals surface area contributed by atoms with E-state index in [0.29, 0.717) is 13.1 Å². The SMILES string of the molecule is CC(C)(C)OC(=O)N1CCCC(C(O)c2nc3ccccc3s2)C1. The highest BCUT2D eigenvalue weighted by Gasteiger charge is 2.32. The van der Waals surface area contributed by atoms with E-state index < -0.39 is 11.7 Å². The molecule has 3 rings (SSSR count). The average Bonchev–Trinajstić information content (AvgIpc) is 2.96. The van der Waals surface area contributed by atoms with Gasteiger partial charge < -0.3 is 14.7 Å². The molecule has 0 radical (unpaired) electrons. The van der Waals surface area contributed by atoms with Gasteiger partial charge in [0.2, 0.25) is 0 Å². The van der Waals surface area contributed by atoms with E-state index in [1.165, 1.54) is 11.3 Å². The first-order valence-electron chi connectivity index (χ1n) is 8.35. The molecule has 0 bridgehead atoms. The number of likely N-dealkylation sites (tertiary alicyclic amines) is 1. The van der Waals surface area contributed by atoms with Crippen LogP contribution < -0.4 is 0 Å². The zero-order valence-corrected chi connectivity index (χ0v) is 15.2. The number of benzene rings is 1. The first-order valence-corrected chi connectivity index (χ1v) is 9.16. The summed E-state index contributed by atoms with van der Waals surface area (Å²) in [5, 5.41) is 11.5. The van der Waals surface area contributed by atoms with Crippen LogP contribution in [-0.2, 0) is 4.74 Å². The van der Waals surface area contributed by atoms with E-state index in [2.05, 4.69) is 4.98 Å². The first kappa shape index (κ1) is 17.2. The number of hydrogen-bond acceptors (Lipinski definition) is 5. The molecule has 1 fully saturated rings. The minimum absolute atomic E-state index is 0.00756. The quantitative estimate of drug-likeness (QED) is 0.892. The summed E-state index contributed by atoms with van der Waals surface area (Å²) in [4.78, 5) is 18.5. The maximum atomic E-state index is 12.3. The Morgan fingerprint density at radius 2 is 2.17 bits per heavy atom. The van der Waals surface area contributed by atoms with Gasteiger partial charge in [0.15, 0.2) is 0 Å². The first-order chi connectivity index (χ1) is 11.3. The zero-order chi connectivity index (χ0) is 17.3. The number of rotatable bonds is 2. The molecule has 1 saturated heterocycles. The van der Waals surface area contributed by atoms with Crippen molar-refractivity contribution in [3.05, 3.63) is 29.3 Å². The number of aliphatic hydroxyl groups excluding tert-OH is 1. The molecular formula is C18H24N2O3S. The molecule has 1 aromatic carbocycles. The minimum Gasteiger partial charge on any atom is -0.444 e. The summed E-state index contributed by atoms with van der Waals surface area (Å²) in [5.41, 5.74) is 0.409. The lowest BCUT2D eigenvalue weighted by molar-refractivity contribution is 0.00238. The number of aromatic nitrogens is 1. The Bertz CT molecular complexity index is 689. The average molecular weight is 348 g/mol. The van der Waals surface area contributed by atoms with Gasteiger partial charge >= 0.3 is 6.09 Å². The fraction of sp³-hybridized carbons (Fsp3) is 0.556. The lowest BCUT2D eigenvalue weighted by atomic mass is 9.93.